The van der Waals surface area contributed by atoms with E-state index in [0.717, 1.165) is 24.2 Å². The van der Waals surface area contributed by atoms with Crippen molar-refractivity contribution < 1.29 is 18.7 Å². The van der Waals surface area contributed by atoms with Crippen LogP contribution in [0.4, 0.5) is 10.1 Å². The Hall–Kier alpha value is -3.26. The lowest BCUT2D eigenvalue weighted by Gasteiger charge is -2.24. The largest absolute Gasteiger partial charge is 0.375 e. The summed E-state index contributed by atoms with van der Waals surface area (Å²) in [6.45, 7) is 0.926. The van der Waals surface area contributed by atoms with Crippen molar-refractivity contribution in [3.63, 3.8) is 0 Å². The summed E-state index contributed by atoms with van der Waals surface area (Å²) in [4.78, 5) is 32.5. The summed E-state index contributed by atoms with van der Waals surface area (Å²) >= 11 is 0. The van der Waals surface area contributed by atoms with Crippen molar-refractivity contribution in [2.24, 2.45) is 7.05 Å². The van der Waals surface area contributed by atoms with Crippen LogP contribution in [0.25, 0.3) is 11.0 Å². The van der Waals surface area contributed by atoms with Gasteiger partial charge in [0.05, 0.1) is 16.6 Å². The first-order valence-corrected chi connectivity index (χ1v) is 11.8. The fourth-order valence-corrected chi connectivity index (χ4v) is 5.14. The van der Waals surface area contributed by atoms with Crippen LogP contribution in [0.3, 0.4) is 0 Å². The smallest absolute Gasteiger partial charge is 0.256 e. The fraction of sp³-hybridized carbons (Fsp3) is 0.423. The second kappa shape index (κ2) is 9.18. The number of aryl methyl sites for hydroxylation is 1. The molecule has 2 aliphatic rings. The van der Waals surface area contributed by atoms with Gasteiger partial charge in [0.15, 0.2) is 0 Å². The van der Waals surface area contributed by atoms with Gasteiger partial charge in [0.2, 0.25) is 5.91 Å². The fourth-order valence-electron chi connectivity index (χ4n) is 5.14. The zero-order chi connectivity index (χ0) is 23.8. The lowest BCUT2D eigenvalue weighted by Crippen LogP contribution is -2.29. The van der Waals surface area contributed by atoms with E-state index < -0.39 is 0 Å². The number of aromatic nitrogens is 2. The molecule has 0 radical (unpaired) electrons. The van der Waals surface area contributed by atoms with Gasteiger partial charge in [0.25, 0.3) is 5.91 Å². The average molecular weight is 465 g/mol. The van der Waals surface area contributed by atoms with Crippen LogP contribution in [-0.4, -0.2) is 53.1 Å². The standard InChI is InChI=1S/C26H29FN4O3/c1-30-24-20(26(33)31-11-10-17(14-31)19-8-3-4-9-21(19)27)12-18(28-23(32)15-34-2)13-22(24)29-25(30)16-6-5-7-16/h3-4,8-9,12-13,16-17H,5-7,10-11,14-15H2,1-2H3,(H,28,32)/t17-/m1/s1. The van der Waals surface area contributed by atoms with E-state index in [1.807, 2.05) is 23.7 Å². The van der Waals surface area contributed by atoms with Crippen LogP contribution in [0.5, 0.6) is 0 Å². The van der Waals surface area contributed by atoms with Gasteiger partial charge in [-0.3, -0.25) is 9.59 Å². The van der Waals surface area contributed by atoms with E-state index >= 15 is 0 Å². The van der Waals surface area contributed by atoms with Crippen LogP contribution < -0.4 is 5.32 Å². The number of hydrogen-bond donors (Lipinski definition) is 1. The number of methoxy groups -OCH3 is 1. The molecule has 2 amide bonds. The van der Waals surface area contributed by atoms with E-state index in [2.05, 4.69) is 5.32 Å². The first kappa shape index (κ1) is 22.5. The Kier molecular flexibility index (Phi) is 6.08. The molecule has 2 aromatic carbocycles. The van der Waals surface area contributed by atoms with Gasteiger partial charge in [-0.2, -0.15) is 0 Å². The molecule has 0 spiro atoms. The maximum absolute atomic E-state index is 14.3. The highest BCUT2D eigenvalue weighted by Crippen LogP contribution is 2.38. The minimum Gasteiger partial charge on any atom is -0.375 e. The molecule has 2 fully saturated rings. The quantitative estimate of drug-likeness (QED) is 0.593. The van der Waals surface area contributed by atoms with Crippen molar-refractivity contribution in [1.29, 1.82) is 0 Å². The molecule has 1 aromatic heterocycles. The Morgan fingerprint density at radius 1 is 1.18 bits per heavy atom. The third-order valence-electron chi connectivity index (χ3n) is 7.08. The van der Waals surface area contributed by atoms with Gasteiger partial charge in [-0.1, -0.05) is 24.6 Å². The maximum Gasteiger partial charge on any atom is 0.256 e. The van der Waals surface area contributed by atoms with Gasteiger partial charge in [0.1, 0.15) is 18.2 Å². The number of benzene rings is 2. The minimum atomic E-state index is -0.295. The molecule has 7 nitrogen and oxygen atoms in total. The zero-order valence-corrected chi connectivity index (χ0v) is 19.5. The monoisotopic (exact) mass is 464 g/mol. The Morgan fingerprint density at radius 2 is 1.97 bits per heavy atom. The highest BCUT2D eigenvalue weighted by molar-refractivity contribution is 6.08. The van der Waals surface area contributed by atoms with E-state index in [4.69, 9.17) is 9.72 Å². The van der Waals surface area contributed by atoms with Gasteiger partial charge < -0.3 is 19.5 Å². The molecule has 3 aromatic rings. The summed E-state index contributed by atoms with van der Waals surface area (Å²) in [7, 11) is 3.41. The molecule has 1 aliphatic carbocycles. The molecule has 178 valence electrons. The van der Waals surface area contributed by atoms with Crippen LogP contribution in [0, 0.1) is 5.82 Å². The molecule has 5 rings (SSSR count). The van der Waals surface area contributed by atoms with Crippen molar-refractivity contribution in [3.8, 4) is 0 Å². The number of rotatable bonds is 6. The van der Waals surface area contributed by atoms with Gasteiger partial charge in [-0.25, -0.2) is 9.37 Å². The van der Waals surface area contributed by atoms with Crippen LogP contribution in [0.1, 0.15) is 59.3 Å². The first-order chi connectivity index (χ1) is 16.5. The van der Waals surface area contributed by atoms with Crippen LogP contribution in [-0.2, 0) is 16.6 Å². The van der Waals surface area contributed by atoms with E-state index in [1.165, 1.54) is 19.6 Å². The summed E-state index contributed by atoms with van der Waals surface area (Å²) in [5.74, 6) is 0.669. The predicted molar refractivity (Wildman–Crippen MR) is 127 cm³/mol. The highest BCUT2D eigenvalue weighted by atomic mass is 19.1. The van der Waals surface area contributed by atoms with E-state index in [1.54, 1.807) is 23.1 Å². The lowest BCUT2D eigenvalue weighted by atomic mass is 9.85. The number of ether oxygens (including phenoxy) is 1. The third-order valence-corrected chi connectivity index (χ3v) is 7.08. The topological polar surface area (TPSA) is 76.5 Å². The number of hydrogen-bond acceptors (Lipinski definition) is 4. The molecule has 34 heavy (non-hydrogen) atoms. The summed E-state index contributed by atoms with van der Waals surface area (Å²) < 4.78 is 21.3. The van der Waals surface area contributed by atoms with Crippen LogP contribution >= 0.6 is 0 Å². The van der Waals surface area contributed by atoms with E-state index in [-0.39, 0.29) is 30.2 Å². The average Bonchev–Trinajstić information content (AvgIpc) is 3.38. The normalized spacial score (nSPS) is 18.3. The SMILES string of the molecule is COCC(=O)Nc1cc(C(=O)N2CC[C@@H](c3ccccc3F)C2)c2c(c1)nc(C1CCC1)n2C. The minimum absolute atomic E-state index is 0.0395. The van der Waals surface area contributed by atoms with E-state index in [9.17, 15) is 14.0 Å². The molecule has 2 heterocycles. The molecule has 0 bridgehead atoms. The first-order valence-electron chi connectivity index (χ1n) is 11.8. The number of halogens is 1. The lowest BCUT2D eigenvalue weighted by molar-refractivity contribution is -0.119. The Bertz CT molecular complexity index is 1250. The Morgan fingerprint density at radius 3 is 2.68 bits per heavy atom. The third kappa shape index (κ3) is 4.07. The number of imidazole rings is 1. The number of amides is 2. The van der Waals surface area contributed by atoms with Gasteiger partial charge >= 0.3 is 0 Å². The summed E-state index contributed by atoms with van der Waals surface area (Å²) in [5.41, 5.74) is 3.12. The molecule has 1 saturated carbocycles. The second-order valence-corrected chi connectivity index (χ2v) is 9.29. The van der Waals surface area contributed by atoms with Crippen LogP contribution in [0.15, 0.2) is 36.4 Å². The second-order valence-electron chi connectivity index (χ2n) is 9.29. The number of carbonyl (C=O) groups is 2. The summed E-state index contributed by atoms with van der Waals surface area (Å²) in [5, 5.41) is 2.82. The van der Waals surface area contributed by atoms with Crippen molar-refractivity contribution in [1.82, 2.24) is 14.5 Å². The van der Waals surface area contributed by atoms with Gasteiger partial charge in [-0.05, 0) is 43.0 Å². The summed E-state index contributed by atoms with van der Waals surface area (Å²) in [6.07, 6.45) is 4.07. The molecule has 1 atom stereocenters. The highest BCUT2D eigenvalue weighted by Gasteiger charge is 2.32. The molecule has 8 heteroatoms. The number of carbonyl (C=O) groups excluding carboxylic acids is 2. The van der Waals surface area contributed by atoms with Crippen molar-refractivity contribution in [2.75, 3.05) is 32.1 Å². The number of fused-ring (bicyclic) bond motifs is 1. The zero-order valence-electron chi connectivity index (χ0n) is 19.5. The number of anilines is 1. The van der Waals surface area contributed by atoms with Gasteiger partial charge in [-0.15, -0.1) is 0 Å². The van der Waals surface area contributed by atoms with Crippen molar-refractivity contribution in [3.05, 3.63) is 59.2 Å². The molecule has 1 aliphatic heterocycles. The number of nitrogens with zero attached hydrogens (tertiary/aromatic N) is 3. The number of nitrogens with one attached hydrogen (secondary N) is 1. The Labute approximate surface area is 197 Å². The van der Waals surface area contributed by atoms with E-state index in [0.29, 0.717) is 47.8 Å². The van der Waals surface area contributed by atoms with Crippen LogP contribution in [0.2, 0.25) is 0 Å². The molecular formula is C26H29FN4O3. The van der Waals surface area contributed by atoms with Crippen molar-refractivity contribution >= 4 is 28.5 Å². The maximum atomic E-state index is 14.3. The number of likely N-dealkylation sites (tertiary alicyclic amines) is 1. The molecule has 1 N–H and O–H groups in total. The van der Waals surface area contributed by atoms with Crippen molar-refractivity contribution in [2.45, 2.75) is 37.5 Å². The molecular weight excluding hydrogens is 435 g/mol. The Balaban J connectivity index is 1.50. The molecule has 0 unspecified atom stereocenters. The summed E-state index contributed by atoms with van der Waals surface area (Å²) in [6, 6.07) is 10.3. The van der Waals surface area contributed by atoms with Gasteiger partial charge in [0, 0.05) is 44.8 Å². The predicted octanol–water partition coefficient (Wildman–Crippen LogP) is 4.19. The molecule has 1 saturated heterocycles.